The van der Waals surface area contributed by atoms with Gasteiger partial charge in [0.15, 0.2) is 0 Å². The van der Waals surface area contributed by atoms with E-state index in [0.29, 0.717) is 0 Å². The van der Waals surface area contributed by atoms with E-state index in [9.17, 15) is 0 Å². The van der Waals surface area contributed by atoms with Gasteiger partial charge in [0.05, 0.1) is 23.8 Å². The number of fused-ring (bicyclic) bond motifs is 5. The van der Waals surface area contributed by atoms with E-state index in [1.165, 1.54) is 27.4 Å². The Morgan fingerprint density at radius 2 is 1.71 bits per heavy atom. The molecule has 0 saturated carbocycles. The van der Waals surface area contributed by atoms with Crippen molar-refractivity contribution in [3.05, 3.63) is 109 Å². The standard InChI is InChI=1S/C30H24N4O/c1-30(2)25-10-5-9-24-23-13-12-22(18-27(23)34(28(24)25)29-26(30)11-6-14-31-29)35-21-8-4-7-20(17-21)33-16-15-32(3)19-33/h4-18H,1-3H3. The normalized spacial score (nSPS) is 13.8. The van der Waals surface area contributed by atoms with Gasteiger partial charge < -0.3 is 13.9 Å². The van der Waals surface area contributed by atoms with Crippen LogP contribution >= 0.6 is 0 Å². The number of benzene rings is 3. The van der Waals surface area contributed by atoms with Crippen molar-refractivity contribution in [2.45, 2.75) is 19.3 Å². The van der Waals surface area contributed by atoms with Crippen molar-refractivity contribution in [1.82, 2.24) is 14.1 Å². The van der Waals surface area contributed by atoms with Gasteiger partial charge in [-0.25, -0.2) is 4.98 Å². The van der Waals surface area contributed by atoms with Crippen LogP contribution in [-0.2, 0) is 12.5 Å². The molecule has 5 heteroatoms. The molecular formula is C30H24N4O. The van der Waals surface area contributed by atoms with Gasteiger partial charge in [0.2, 0.25) is 6.33 Å². The molecule has 4 heterocycles. The van der Waals surface area contributed by atoms with Crippen molar-refractivity contribution in [3.8, 4) is 23.0 Å². The van der Waals surface area contributed by atoms with Gasteiger partial charge in [-0.15, -0.1) is 0 Å². The summed E-state index contributed by atoms with van der Waals surface area (Å²) < 4.78 is 12.5. The molecule has 5 nitrogen and oxygen atoms in total. The SMILES string of the molecule is C[n+]1[c-]n(-c2cccc(Oc3ccc4c5cccc6c5n(c4c3)-c3ncccc3C6(C)C)c2)cc1. The summed E-state index contributed by atoms with van der Waals surface area (Å²) in [6.45, 7) is 4.57. The lowest BCUT2D eigenvalue weighted by Gasteiger charge is -2.33. The minimum atomic E-state index is -0.126. The number of ether oxygens (including phenoxy) is 1. The van der Waals surface area contributed by atoms with E-state index in [1.54, 1.807) is 0 Å². The van der Waals surface area contributed by atoms with Crippen LogP contribution in [0.4, 0.5) is 0 Å². The summed E-state index contributed by atoms with van der Waals surface area (Å²) in [6, 6.07) is 25.2. The molecule has 3 aromatic carbocycles. The highest BCUT2D eigenvalue weighted by molar-refractivity contribution is 6.11. The smallest absolute Gasteiger partial charge is 0.243 e. The number of pyridine rings is 1. The zero-order valence-corrected chi connectivity index (χ0v) is 19.9. The van der Waals surface area contributed by atoms with Crippen LogP contribution in [-0.4, -0.2) is 14.1 Å². The van der Waals surface area contributed by atoms with Crippen LogP contribution in [0.15, 0.2) is 91.4 Å². The number of rotatable bonds is 3. The lowest BCUT2D eigenvalue weighted by Crippen LogP contribution is -2.26. The Labute approximate surface area is 203 Å². The van der Waals surface area contributed by atoms with Gasteiger partial charge in [0.25, 0.3) is 0 Å². The van der Waals surface area contributed by atoms with E-state index in [-0.39, 0.29) is 5.41 Å². The van der Waals surface area contributed by atoms with E-state index in [0.717, 1.165) is 28.5 Å². The second-order valence-electron chi connectivity index (χ2n) is 9.69. The highest BCUT2D eigenvalue weighted by Crippen LogP contribution is 2.47. The molecule has 1 aliphatic rings. The van der Waals surface area contributed by atoms with Crippen LogP contribution in [0, 0.1) is 6.33 Å². The molecule has 0 unspecified atom stereocenters. The monoisotopic (exact) mass is 456 g/mol. The minimum absolute atomic E-state index is 0.126. The quantitative estimate of drug-likeness (QED) is 0.241. The molecule has 0 spiro atoms. The lowest BCUT2D eigenvalue weighted by molar-refractivity contribution is -0.674. The summed E-state index contributed by atoms with van der Waals surface area (Å²) in [5.74, 6) is 2.56. The first kappa shape index (κ1) is 20.0. The summed E-state index contributed by atoms with van der Waals surface area (Å²) in [4.78, 5) is 4.84. The van der Waals surface area contributed by atoms with Crippen molar-refractivity contribution in [3.63, 3.8) is 0 Å². The Morgan fingerprint density at radius 3 is 2.57 bits per heavy atom. The largest absolute Gasteiger partial charge is 0.458 e. The van der Waals surface area contributed by atoms with E-state index in [4.69, 9.17) is 9.72 Å². The zero-order valence-electron chi connectivity index (χ0n) is 19.9. The van der Waals surface area contributed by atoms with Gasteiger partial charge in [0.1, 0.15) is 17.3 Å². The molecule has 0 aliphatic carbocycles. The highest BCUT2D eigenvalue weighted by Gasteiger charge is 2.35. The molecule has 0 radical (unpaired) electrons. The van der Waals surface area contributed by atoms with Crippen molar-refractivity contribution >= 4 is 21.8 Å². The van der Waals surface area contributed by atoms with Crippen LogP contribution in [0.2, 0.25) is 0 Å². The summed E-state index contributed by atoms with van der Waals surface area (Å²) in [5.41, 5.74) is 5.75. The Morgan fingerprint density at radius 1 is 0.886 bits per heavy atom. The Balaban J connectivity index is 1.40. The predicted octanol–water partition coefficient (Wildman–Crippen LogP) is 6.03. The van der Waals surface area contributed by atoms with Crippen LogP contribution in [0.1, 0.15) is 25.0 Å². The zero-order chi connectivity index (χ0) is 23.7. The number of hydrogen-bond donors (Lipinski definition) is 0. The first-order chi connectivity index (χ1) is 17.0. The van der Waals surface area contributed by atoms with Gasteiger partial charge in [-0.2, -0.15) is 0 Å². The molecule has 0 N–H and O–H groups in total. The van der Waals surface area contributed by atoms with E-state index in [1.807, 2.05) is 65.1 Å². The fraction of sp³-hybridized carbons (Fsp3) is 0.133. The lowest BCUT2D eigenvalue weighted by atomic mass is 9.76. The van der Waals surface area contributed by atoms with Crippen LogP contribution in [0.25, 0.3) is 33.3 Å². The average Bonchev–Trinajstić information content (AvgIpc) is 3.44. The second kappa shape index (κ2) is 7.06. The predicted molar refractivity (Wildman–Crippen MR) is 137 cm³/mol. The molecule has 0 saturated heterocycles. The third kappa shape index (κ3) is 2.88. The van der Waals surface area contributed by atoms with Crippen LogP contribution in [0.3, 0.4) is 0 Å². The first-order valence-corrected chi connectivity index (χ1v) is 11.8. The van der Waals surface area contributed by atoms with Gasteiger partial charge in [-0.3, -0.25) is 4.57 Å². The molecule has 35 heavy (non-hydrogen) atoms. The number of para-hydroxylation sites is 1. The number of nitrogens with zero attached hydrogens (tertiary/aromatic N) is 4. The Kier molecular flexibility index (Phi) is 4.04. The number of hydrogen-bond acceptors (Lipinski definition) is 2. The maximum atomic E-state index is 6.36. The minimum Gasteiger partial charge on any atom is -0.458 e. The maximum Gasteiger partial charge on any atom is 0.243 e. The number of imidazole rings is 1. The molecule has 7 rings (SSSR count). The van der Waals surface area contributed by atoms with Gasteiger partial charge in [-0.05, 0) is 35.9 Å². The molecule has 6 aromatic rings. The molecule has 0 bridgehead atoms. The third-order valence-corrected chi connectivity index (χ3v) is 7.14. The molecule has 1 aliphatic heterocycles. The maximum absolute atomic E-state index is 6.36. The van der Waals surface area contributed by atoms with Crippen molar-refractivity contribution in [2.24, 2.45) is 7.05 Å². The molecule has 0 atom stereocenters. The molecular weight excluding hydrogens is 432 g/mol. The van der Waals surface area contributed by atoms with Crippen LogP contribution < -0.4 is 9.30 Å². The Bertz CT molecular complexity index is 1770. The third-order valence-electron chi connectivity index (χ3n) is 7.14. The molecule has 170 valence electrons. The van der Waals surface area contributed by atoms with Crippen molar-refractivity contribution in [2.75, 3.05) is 0 Å². The van der Waals surface area contributed by atoms with E-state index < -0.39 is 0 Å². The summed E-state index contributed by atoms with van der Waals surface area (Å²) in [7, 11) is 1.96. The Hall–Kier alpha value is -4.38. The topological polar surface area (TPSA) is 35.9 Å². The van der Waals surface area contributed by atoms with Gasteiger partial charge >= 0.3 is 0 Å². The molecule has 3 aromatic heterocycles. The fourth-order valence-electron chi connectivity index (χ4n) is 5.42. The first-order valence-electron chi connectivity index (χ1n) is 11.8. The number of aryl methyl sites for hydroxylation is 1. The highest BCUT2D eigenvalue weighted by atomic mass is 16.5. The number of aromatic nitrogens is 4. The average molecular weight is 457 g/mol. The van der Waals surface area contributed by atoms with Crippen molar-refractivity contribution < 1.29 is 9.30 Å². The summed E-state index contributed by atoms with van der Waals surface area (Å²) in [6.07, 6.45) is 9.05. The fourth-order valence-corrected chi connectivity index (χ4v) is 5.42. The van der Waals surface area contributed by atoms with E-state index >= 15 is 0 Å². The summed E-state index contributed by atoms with van der Waals surface area (Å²) >= 11 is 0. The summed E-state index contributed by atoms with van der Waals surface area (Å²) in [5, 5.41) is 2.44. The van der Waals surface area contributed by atoms with Crippen molar-refractivity contribution in [1.29, 1.82) is 0 Å². The molecule has 0 fully saturated rings. The molecule has 0 amide bonds. The van der Waals surface area contributed by atoms with Gasteiger partial charge in [0, 0.05) is 46.4 Å². The van der Waals surface area contributed by atoms with Gasteiger partial charge in [-0.1, -0.05) is 50.2 Å². The van der Waals surface area contributed by atoms with E-state index in [2.05, 4.69) is 67.2 Å². The van der Waals surface area contributed by atoms with Crippen LogP contribution in [0.5, 0.6) is 11.5 Å². The second-order valence-corrected chi connectivity index (χ2v) is 9.69.